The first-order valence-electron chi connectivity index (χ1n) is 7.53. The van der Waals surface area contributed by atoms with Gasteiger partial charge in [-0.3, -0.25) is 4.79 Å². The number of carbonyl (C=O) groups is 1. The summed E-state index contributed by atoms with van der Waals surface area (Å²) in [6, 6.07) is 10.8. The number of halogens is 1. The molecule has 25 heavy (non-hydrogen) atoms. The predicted molar refractivity (Wildman–Crippen MR) is 100 cm³/mol. The standard InChI is InChI=1S/C18H16ClN3O2S/c1-11-10-25-18(15(11)19)24-13-6-4-12(5-7-13)9-22-17(23)14-3-2-8-21-16(14)20/h2-8,10H,9H2,1H3,(H2,20,21)(H,22,23). The number of carbonyl (C=O) groups excluding carboxylic acids is 1. The quantitative estimate of drug-likeness (QED) is 0.694. The molecule has 0 fully saturated rings. The molecule has 1 aromatic carbocycles. The van der Waals surface area contributed by atoms with Crippen molar-refractivity contribution >= 4 is 34.7 Å². The van der Waals surface area contributed by atoms with E-state index in [0.717, 1.165) is 11.1 Å². The van der Waals surface area contributed by atoms with E-state index in [9.17, 15) is 4.79 Å². The van der Waals surface area contributed by atoms with Crippen LogP contribution in [0.5, 0.6) is 10.8 Å². The molecule has 0 unspecified atom stereocenters. The molecule has 3 N–H and O–H groups in total. The van der Waals surface area contributed by atoms with Crippen LogP contribution in [0, 0.1) is 6.92 Å². The lowest BCUT2D eigenvalue weighted by Gasteiger charge is -2.08. The van der Waals surface area contributed by atoms with Gasteiger partial charge in [0.2, 0.25) is 0 Å². The highest BCUT2D eigenvalue weighted by molar-refractivity contribution is 7.12. The Balaban J connectivity index is 1.60. The van der Waals surface area contributed by atoms with Crippen molar-refractivity contribution in [1.82, 2.24) is 10.3 Å². The number of anilines is 1. The number of nitrogens with two attached hydrogens (primary N) is 1. The summed E-state index contributed by atoms with van der Waals surface area (Å²) < 4.78 is 5.77. The minimum absolute atomic E-state index is 0.215. The monoisotopic (exact) mass is 373 g/mol. The van der Waals surface area contributed by atoms with Crippen LogP contribution < -0.4 is 15.8 Å². The van der Waals surface area contributed by atoms with Crippen LogP contribution >= 0.6 is 22.9 Å². The van der Waals surface area contributed by atoms with E-state index in [0.29, 0.717) is 27.9 Å². The van der Waals surface area contributed by atoms with Gasteiger partial charge in [0, 0.05) is 12.7 Å². The lowest BCUT2D eigenvalue weighted by Crippen LogP contribution is -2.24. The van der Waals surface area contributed by atoms with Crippen molar-refractivity contribution in [3.63, 3.8) is 0 Å². The van der Waals surface area contributed by atoms with Gasteiger partial charge in [-0.15, -0.1) is 11.3 Å². The molecule has 2 aromatic heterocycles. The van der Waals surface area contributed by atoms with Crippen LogP contribution in [-0.4, -0.2) is 10.9 Å². The number of nitrogens with one attached hydrogen (secondary N) is 1. The normalized spacial score (nSPS) is 10.5. The van der Waals surface area contributed by atoms with E-state index in [1.54, 1.807) is 18.3 Å². The second kappa shape index (κ2) is 7.55. The Kier molecular flexibility index (Phi) is 5.21. The molecule has 0 saturated carbocycles. The second-order valence-electron chi connectivity index (χ2n) is 5.39. The zero-order valence-electron chi connectivity index (χ0n) is 13.5. The molecular formula is C18H16ClN3O2S. The summed E-state index contributed by atoms with van der Waals surface area (Å²) in [4.78, 5) is 16.0. The molecule has 0 aliphatic rings. The highest BCUT2D eigenvalue weighted by Crippen LogP contribution is 2.37. The van der Waals surface area contributed by atoms with Crippen molar-refractivity contribution in [2.45, 2.75) is 13.5 Å². The minimum atomic E-state index is -0.258. The van der Waals surface area contributed by atoms with Crippen LogP contribution in [0.1, 0.15) is 21.5 Å². The Hall–Kier alpha value is -2.57. The van der Waals surface area contributed by atoms with Crippen LogP contribution in [0.2, 0.25) is 5.02 Å². The molecule has 2 heterocycles. The third-order valence-corrected chi connectivity index (χ3v) is 5.09. The summed E-state index contributed by atoms with van der Waals surface area (Å²) in [6.45, 7) is 2.32. The smallest absolute Gasteiger partial charge is 0.255 e. The SMILES string of the molecule is Cc1csc(Oc2ccc(CNC(=O)c3cccnc3N)cc2)c1Cl. The summed E-state index contributed by atoms with van der Waals surface area (Å²) in [5.74, 6) is 0.647. The average Bonchev–Trinajstić information content (AvgIpc) is 2.93. The summed E-state index contributed by atoms with van der Waals surface area (Å²) in [7, 11) is 0. The number of nitrogen functional groups attached to an aromatic ring is 1. The van der Waals surface area contributed by atoms with Gasteiger partial charge < -0.3 is 15.8 Å². The van der Waals surface area contributed by atoms with Crippen molar-refractivity contribution in [1.29, 1.82) is 0 Å². The molecule has 128 valence electrons. The fourth-order valence-corrected chi connectivity index (χ4v) is 3.25. The fourth-order valence-electron chi connectivity index (χ4n) is 2.14. The topological polar surface area (TPSA) is 77.2 Å². The maximum Gasteiger partial charge on any atom is 0.255 e. The predicted octanol–water partition coefficient (Wildman–Crippen LogP) is 4.41. The third-order valence-electron chi connectivity index (χ3n) is 3.54. The zero-order chi connectivity index (χ0) is 17.8. The molecule has 0 radical (unpaired) electrons. The fraction of sp³-hybridized carbons (Fsp3) is 0.111. The second-order valence-corrected chi connectivity index (χ2v) is 6.61. The van der Waals surface area contributed by atoms with Crippen LogP contribution in [-0.2, 0) is 6.54 Å². The first-order chi connectivity index (χ1) is 12.0. The van der Waals surface area contributed by atoms with Gasteiger partial charge in [-0.1, -0.05) is 23.7 Å². The van der Waals surface area contributed by atoms with Gasteiger partial charge in [0.1, 0.15) is 11.6 Å². The van der Waals surface area contributed by atoms with Crippen molar-refractivity contribution in [3.8, 4) is 10.8 Å². The Labute approximate surface area is 154 Å². The first kappa shape index (κ1) is 17.3. The highest BCUT2D eigenvalue weighted by atomic mass is 35.5. The Bertz CT molecular complexity index is 894. The number of ether oxygens (including phenoxy) is 1. The highest BCUT2D eigenvalue weighted by Gasteiger charge is 2.10. The molecule has 0 bridgehead atoms. The van der Waals surface area contributed by atoms with Gasteiger partial charge >= 0.3 is 0 Å². The van der Waals surface area contributed by atoms with Crippen molar-refractivity contribution in [2.75, 3.05) is 5.73 Å². The Morgan fingerprint density at radius 3 is 2.72 bits per heavy atom. The molecule has 5 nitrogen and oxygen atoms in total. The van der Waals surface area contributed by atoms with Crippen molar-refractivity contribution < 1.29 is 9.53 Å². The van der Waals surface area contributed by atoms with E-state index in [4.69, 9.17) is 22.1 Å². The number of aryl methyl sites for hydroxylation is 1. The largest absolute Gasteiger partial charge is 0.445 e. The zero-order valence-corrected chi connectivity index (χ0v) is 15.0. The van der Waals surface area contributed by atoms with Crippen LogP contribution in [0.15, 0.2) is 48.0 Å². The maximum absolute atomic E-state index is 12.1. The van der Waals surface area contributed by atoms with Crippen molar-refractivity contribution in [3.05, 3.63) is 69.7 Å². The summed E-state index contributed by atoms with van der Waals surface area (Å²) in [6.07, 6.45) is 1.55. The van der Waals surface area contributed by atoms with Crippen LogP contribution in [0.25, 0.3) is 0 Å². The number of nitrogens with zero attached hydrogens (tertiary/aromatic N) is 1. The van der Waals surface area contributed by atoms with E-state index < -0.39 is 0 Å². The van der Waals surface area contributed by atoms with E-state index in [1.165, 1.54) is 11.3 Å². The number of pyridine rings is 1. The minimum Gasteiger partial charge on any atom is -0.445 e. The number of rotatable bonds is 5. The molecule has 7 heteroatoms. The molecular weight excluding hydrogens is 358 g/mol. The van der Waals surface area contributed by atoms with Gasteiger partial charge in [-0.25, -0.2) is 4.98 Å². The molecule has 0 aliphatic heterocycles. The number of thiophene rings is 1. The first-order valence-corrected chi connectivity index (χ1v) is 8.79. The van der Waals surface area contributed by atoms with Crippen molar-refractivity contribution in [2.24, 2.45) is 0 Å². The maximum atomic E-state index is 12.1. The summed E-state index contributed by atoms with van der Waals surface area (Å²) in [5, 5.41) is 6.08. The van der Waals surface area contributed by atoms with Gasteiger partial charge in [-0.05, 0) is 47.7 Å². The van der Waals surface area contributed by atoms with Crippen LogP contribution in [0.4, 0.5) is 5.82 Å². The lowest BCUT2D eigenvalue weighted by molar-refractivity contribution is 0.0951. The number of hydrogen-bond donors (Lipinski definition) is 2. The van der Waals surface area contributed by atoms with Gasteiger partial charge in [-0.2, -0.15) is 0 Å². The molecule has 0 spiro atoms. The van der Waals surface area contributed by atoms with E-state index >= 15 is 0 Å². The number of amides is 1. The van der Waals surface area contributed by atoms with E-state index in [-0.39, 0.29) is 11.7 Å². The van der Waals surface area contributed by atoms with Crippen LogP contribution in [0.3, 0.4) is 0 Å². The Morgan fingerprint density at radius 1 is 1.32 bits per heavy atom. The molecule has 3 rings (SSSR count). The molecule has 0 atom stereocenters. The molecule has 0 aliphatic carbocycles. The third kappa shape index (κ3) is 4.10. The summed E-state index contributed by atoms with van der Waals surface area (Å²) in [5.41, 5.74) is 8.00. The lowest BCUT2D eigenvalue weighted by atomic mass is 10.2. The molecule has 0 saturated heterocycles. The van der Waals surface area contributed by atoms with Gasteiger partial charge in [0.25, 0.3) is 5.91 Å². The van der Waals surface area contributed by atoms with Gasteiger partial charge in [0.05, 0.1) is 10.6 Å². The molecule has 3 aromatic rings. The Morgan fingerprint density at radius 2 is 2.08 bits per heavy atom. The average molecular weight is 374 g/mol. The van der Waals surface area contributed by atoms with Gasteiger partial charge in [0.15, 0.2) is 5.06 Å². The number of hydrogen-bond acceptors (Lipinski definition) is 5. The van der Waals surface area contributed by atoms with E-state index in [1.807, 2.05) is 36.6 Å². The van der Waals surface area contributed by atoms with E-state index in [2.05, 4.69) is 10.3 Å². The summed E-state index contributed by atoms with van der Waals surface area (Å²) >= 11 is 7.63. The number of benzene rings is 1. The number of aromatic nitrogens is 1. The molecule has 1 amide bonds.